The second-order valence-corrected chi connectivity index (χ2v) is 13.0. The van der Waals surface area contributed by atoms with Gasteiger partial charge in [0.2, 0.25) is 0 Å². The number of nitrogens with zero attached hydrogens (tertiary/aromatic N) is 1. The quantitative estimate of drug-likeness (QED) is 0.178. The van der Waals surface area contributed by atoms with Crippen LogP contribution >= 0.6 is 0 Å². The normalized spacial score (nSPS) is 13.1. The van der Waals surface area contributed by atoms with Gasteiger partial charge in [-0.1, -0.05) is 176 Å². The summed E-state index contributed by atoms with van der Waals surface area (Å²) in [7, 11) is 0. The van der Waals surface area contributed by atoms with Gasteiger partial charge in [0.25, 0.3) is 0 Å². The number of hydrogen-bond donors (Lipinski definition) is 0. The van der Waals surface area contributed by atoms with E-state index >= 15 is 0 Å². The molecule has 228 valence electrons. The van der Waals surface area contributed by atoms with Crippen molar-refractivity contribution in [1.82, 2.24) is 4.98 Å². The molecule has 0 atom stereocenters. The molecular formula is C48H31N. The van der Waals surface area contributed by atoms with E-state index in [4.69, 9.17) is 4.98 Å². The number of pyridine rings is 1. The highest BCUT2D eigenvalue weighted by Gasteiger charge is 2.47. The molecular weight excluding hydrogens is 591 g/mol. The lowest BCUT2D eigenvalue weighted by molar-refractivity contribution is 0.766. The van der Waals surface area contributed by atoms with Crippen LogP contribution in [0.25, 0.3) is 65.8 Å². The van der Waals surface area contributed by atoms with Crippen LogP contribution in [0.15, 0.2) is 188 Å². The van der Waals surface area contributed by atoms with Gasteiger partial charge < -0.3 is 0 Å². The monoisotopic (exact) mass is 621 g/mol. The van der Waals surface area contributed by atoms with Crippen molar-refractivity contribution in [2.75, 3.05) is 0 Å². The summed E-state index contributed by atoms with van der Waals surface area (Å²) in [6.07, 6.45) is 1.95. The van der Waals surface area contributed by atoms with Crippen LogP contribution in [0, 0.1) is 0 Å². The highest BCUT2D eigenvalue weighted by atomic mass is 14.7. The first-order chi connectivity index (χ1) is 24.4. The lowest BCUT2D eigenvalue weighted by atomic mass is 9.67. The molecule has 0 unspecified atom stereocenters. The average molecular weight is 622 g/mol. The summed E-state index contributed by atoms with van der Waals surface area (Å²) >= 11 is 0. The van der Waals surface area contributed by atoms with Gasteiger partial charge >= 0.3 is 0 Å². The van der Waals surface area contributed by atoms with Crippen molar-refractivity contribution < 1.29 is 0 Å². The fraction of sp³-hybridized carbons (Fsp3) is 0.0208. The largest absolute Gasteiger partial charge is 0.256 e. The fourth-order valence-electron chi connectivity index (χ4n) is 8.70. The molecule has 0 saturated carbocycles. The van der Waals surface area contributed by atoms with Crippen LogP contribution in [-0.2, 0) is 5.41 Å². The summed E-state index contributed by atoms with van der Waals surface area (Å²) in [6.45, 7) is 0. The molecule has 0 spiro atoms. The summed E-state index contributed by atoms with van der Waals surface area (Å²) in [6, 6.07) is 66.6. The molecule has 0 saturated heterocycles. The van der Waals surface area contributed by atoms with Gasteiger partial charge in [0.15, 0.2) is 0 Å². The molecule has 0 N–H and O–H groups in total. The Morgan fingerprint density at radius 1 is 0.327 bits per heavy atom. The Morgan fingerprint density at radius 2 is 0.796 bits per heavy atom. The van der Waals surface area contributed by atoms with Crippen LogP contribution in [-0.4, -0.2) is 4.98 Å². The number of hydrogen-bond acceptors (Lipinski definition) is 1. The Morgan fingerprint density at radius 3 is 1.43 bits per heavy atom. The number of fused-ring (bicyclic) bond motifs is 6. The maximum absolute atomic E-state index is 5.19. The molecule has 0 aliphatic heterocycles. The van der Waals surface area contributed by atoms with Crippen LogP contribution in [0.1, 0.15) is 22.3 Å². The van der Waals surface area contributed by atoms with Crippen molar-refractivity contribution in [3.8, 4) is 33.5 Å². The molecule has 0 amide bonds. The second kappa shape index (κ2) is 10.9. The van der Waals surface area contributed by atoms with E-state index in [1.807, 2.05) is 6.20 Å². The van der Waals surface area contributed by atoms with Gasteiger partial charge in [-0.05, 0) is 82.9 Å². The van der Waals surface area contributed by atoms with Crippen LogP contribution in [0.2, 0.25) is 0 Å². The van der Waals surface area contributed by atoms with Crippen molar-refractivity contribution in [3.63, 3.8) is 0 Å². The van der Waals surface area contributed by atoms with Crippen LogP contribution < -0.4 is 0 Å². The van der Waals surface area contributed by atoms with Crippen molar-refractivity contribution in [2.24, 2.45) is 0 Å². The predicted molar refractivity (Wildman–Crippen MR) is 205 cm³/mol. The molecule has 1 aliphatic rings. The van der Waals surface area contributed by atoms with Gasteiger partial charge in [-0.3, -0.25) is 4.98 Å². The zero-order chi connectivity index (χ0) is 32.4. The van der Waals surface area contributed by atoms with Gasteiger partial charge in [0.1, 0.15) is 0 Å². The van der Waals surface area contributed by atoms with Crippen LogP contribution in [0.3, 0.4) is 0 Å². The Kier molecular flexibility index (Phi) is 6.16. The average Bonchev–Trinajstić information content (AvgIpc) is 3.49. The van der Waals surface area contributed by atoms with E-state index in [0.29, 0.717) is 0 Å². The van der Waals surface area contributed by atoms with Crippen molar-refractivity contribution >= 4 is 32.3 Å². The number of rotatable bonds is 4. The third kappa shape index (κ3) is 3.90. The fourth-order valence-corrected chi connectivity index (χ4v) is 8.70. The summed E-state index contributed by atoms with van der Waals surface area (Å²) in [5.41, 5.74) is 11.7. The maximum Gasteiger partial charge on any atom is 0.0759 e. The molecule has 8 aromatic carbocycles. The van der Waals surface area contributed by atoms with E-state index in [-0.39, 0.29) is 0 Å². The number of benzene rings is 8. The van der Waals surface area contributed by atoms with Gasteiger partial charge in [0, 0.05) is 11.8 Å². The summed E-state index contributed by atoms with van der Waals surface area (Å²) in [5.74, 6) is 0. The first kappa shape index (κ1) is 27.8. The molecule has 1 heterocycles. The van der Waals surface area contributed by atoms with E-state index in [1.54, 1.807) is 0 Å². The summed E-state index contributed by atoms with van der Waals surface area (Å²) < 4.78 is 0. The van der Waals surface area contributed by atoms with E-state index in [2.05, 4.69) is 182 Å². The lowest BCUT2D eigenvalue weighted by Crippen LogP contribution is -2.28. The first-order valence-electron chi connectivity index (χ1n) is 17.0. The maximum atomic E-state index is 5.19. The van der Waals surface area contributed by atoms with Crippen molar-refractivity contribution in [3.05, 3.63) is 210 Å². The molecule has 9 aromatic rings. The molecule has 1 aliphatic carbocycles. The van der Waals surface area contributed by atoms with Crippen LogP contribution in [0.5, 0.6) is 0 Å². The third-order valence-corrected chi connectivity index (χ3v) is 10.6. The summed E-state index contributed by atoms with van der Waals surface area (Å²) in [4.78, 5) is 5.19. The highest BCUT2D eigenvalue weighted by Crippen LogP contribution is 2.58. The lowest BCUT2D eigenvalue weighted by Gasteiger charge is -2.33. The van der Waals surface area contributed by atoms with Crippen molar-refractivity contribution in [1.29, 1.82) is 0 Å². The van der Waals surface area contributed by atoms with Gasteiger partial charge in [-0.2, -0.15) is 0 Å². The molecule has 1 nitrogen and oxygen atoms in total. The van der Waals surface area contributed by atoms with E-state index in [1.165, 1.54) is 82.4 Å². The van der Waals surface area contributed by atoms with Crippen LogP contribution in [0.4, 0.5) is 0 Å². The topological polar surface area (TPSA) is 12.9 Å². The predicted octanol–water partition coefficient (Wildman–Crippen LogP) is 12.2. The minimum absolute atomic E-state index is 0.508. The Labute approximate surface area is 285 Å². The zero-order valence-corrected chi connectivity index (χ0v) is 26.8. The Balaban J connectivity index is 1.36. The molecule has 0 fully saturated rings. The van der Waals surface area contributed by atoms with Gasteiger partial charge in [-0.25, -0.2) is 0 Å². The zero-order valence-electron chi connectivity index (χ0n) is 26.8. The van der Waals surface area contributed by atoms with Gasteiger partial charge in [-0.15, -0.1) is 0 Å². The summed E-state index contributed by atoms with van der Waals surface area (Å²) in [5, 5.41) is 7.50. The highest BCUT2D eigenvalue weighted by molar-refractivity contribution is 6.24. The molecule has 49 heavy (non-hydrogen) atoms. The molecule has 0 bridgehead atoms. The smallest absolute Gasteiger partial charge is 0.0759 e. The van der Waals surface area contributed by atoms with Gasteiger partial charge in [0.05, 0.1) is 11.1 Å². The first-order valence-corrected chi connectivity index (χ1v) is 17.0. The van der Waals surface area contributed by atoms with E-state index < -0.39 is 5.41 Å². The molecule has 0 radical (unpaired) electrons. The SMILES string of the molecule is c1ccc(C2(c3ccccc3)c3cccnc3-c3c(-c4c5ccccc5c(-c5cccc6ccccc56)c5ccccc45)cccc32)cc1. The Bertz CT molecular complexity index is 2610. The molecule has 10 rings (SSSR count). The molecule has 1 aromatic heterocycles. The molecule has 1 heteroatoms. The van der Waals surface area contributed by atoms with E-state index in [9.17, 15) is 0 Å². The third-order valence-electron chi connectivity index (χ3n) is 10.6. The standard InChI is InChI=1S/C48H31N/c1-3-18-33(19-4-1)48(34-20-5-2-6-21-34)42-29-14-28-41(46(42)47-43(48)30-15-31-49-47)45-39-25-11-9-23-37(39)44(38-24-10-12-26-40(38)45)36-27-13-17-32-16-7-8-22-35(32)36/h1-31H. The van der Waals surface area contributed by atoms with E-state index in [0.717, 1.165) is 5.69 Å². The number of aromatic nitrogens is 1. The minimum atomic E-state index is -0.508. The Hall–Kier alpha value is -6.31. The second-order valence-electron chi connectivity index (χ2n) is 13.0. The minimum Gasteiger partial charge on any atom is -0.256 e. The van der Waals surface area contributed by atoms with Crippen molar-refractivity contribution in [2.45, 2.75) is 5.41 Å².